The van der Waals surface area contributed by atoms with Gasteiger partial charge < -0.3 is 14.3 Å². The highest BCUT2D eigenvalue weighted by molar-refractivity contribution is 5.69. The number of rotatable bonds is 6. The summed E-state index contributed by atoms with van der Waals surface area (Å²) in [6.07, 6.45) is -5.01. The number of carbonyl (C=O) groups excluding carboxylic acids is 1. The van der Waals surface area contributed by atoms with Gasteiger partial charge in [-0.05, 0) is 12.1 Å². The van der Waals surface area contributed by atoms with Crippen LogP contribution >= 0.6 is 0 Å². The van der Waals surface area contributed by atoms with Gasteiger partial charge in [0.15, 0.2) is 11.5 Å². The molecule has 0 fully saturated rings. The Morgan fingerprint density at radius 1 is 1.26 bits per heavy atom. The van der Waals surface area contributed by atoms with Gasteiger partial charge in [-0.2, -0.15) is 0 Å². The number of halogens is 3. The third-order valence-corrected chi connectivity index (χ3v) is 1.81. The first-order valence-corrected chi connectivity index (χ1v) is 5.05. The zero-order chi connectivity index (χ0) is 14.3. The number of hydrogen-bond donors (Lipinski definition) is 2. The molecule has 0 saturated carbocycles. The number of para-hydroxylation sites is 2. The van der Waals surface area contributed by atoms with Crippen molar-refractivity contribution in [2.24, 2.45) is 5.84 Å². The lowest BCUT2D eigenvalue weighted by Crippen LogP contribution is -2.27. The number of nitrogens with two attached hydrogens (primary N) is 1. The van der Waals surface area contributed by atoms with E-state index in [1.165, 1.54) is 18.2 Å². The number of nitrogens with one attached hydrogen (secondary N) is 1. The van der Waals surface area contributed by atoms with Gasteiger partial charge in [-0.3, -0.25) is 4.79 Å². The van der Waals surface area contributed by atoms with E-state index in [1.807, 2.05) is 0 Å². The van der Waals surface area contributed by atoms with E-state index in [4.69, 9.17) is 10.6 Å². The molecule has 19 heavy (non-hydrogen) atoms. The summed E-state index contributed by atoms with van der Waals surface area (Å²) in [5.41, 5.74) is 1.68. The minimum absolute atomic E-state index is 0.131. The summed E-state index contributed by atoms with van der Waals surface area (Å²) >= 11 is 0. The molecule has 0 amide bonds. The second-order valence-corrected chi connectivity index (χ2v) is 3.18. The average molecular weight is 280 g/mol. The van der Waals surface area contributed by atoms with E-state index in [2.05, 4.69) is 9.57 Å². The molecule has 0 bridgehead atoms. The zero-order valence-corrected chi connectivity index (χ0v) is 9.57. The van der Waals surface area contributed by atoms with Crippen molar-refractivity contribution in [1.82, 2.24) is 5.59 Å². The molecule has 1 aromatic rings. The summed E-state index contributed by atoms with van der Waals surface area (Å²) in [5.74, 6) is 3.40. The first kappa shape index (κ1) is 15.1. The van der Waals surface area contributed by atoms with Gasteiger partial charge in [-0.15, -0.1) is 13.2 Å². The van der Waals surface area contributed by atoms with Crippen LogP contribution in [0.15, 0.2) is 24.3 Å². The van der Waals surface area contributed by atoms with Crippen molar-refractivity contribution >= 4 is 5.97 Å². The minimum Gasteiger partial charge on any atom is -0.489 e. The minimum atomic E-state index is -4.82. The van der Waals surface area contributed by atoms with Gasteiger partial charge in [0.2, 0.25) is 0 Å². The number of carbonyl (C=O) groups is 1. The van der Waals surface area contributed by atoms with Gasteiger partial charge in [0.1, 0.15) is 0 Å². The molecule has 0 aliphatic carbocycles. The molecule has 9 heteroatoms. The van der Waals surface area contributed by atoms with Gasteiger partial charge >= 0.3 is 12.3 Å². The lowest BCUT2D eigenvalue weighted by atomic mass is 10.3. The van der Waals surface area contributed by atoms with Gasteiger partial charge in [0, 0.05) is 0 Å². The predicted molar refractivity (Wildman–Crippen MR) is 56.7 cm³/mol. The van der Waals surface area contributed by atoms with E-state index >= 15 is 0 Å². The van der Waals surface area contributed by atoms with Crippen molar-refractivity contribution < 1.29 is 32.3 Å². The maximum absolute atomic E-state index is 12.1. The van der Waals surface area contributed by atoms with Crippen LogP contribution in [0.3, 0.4) is 0 Å². The Balaban J connectivity index is 2.56. The third kappa shape index (κ3) is 5.93. The van der Waals surface area contributed by atoms with Gasteiger partial charge in [-0.1, -0.05) is 17.7 Å². The fraction of sp³-hybridized carbons (Fsp3) is 0.300. The standard InChI is InChI=1S/C10H11F3N2O4/c11-10(12,13)18-8-4-2-1-3-7(8)17-6-5-9(16)19-15-14/h1-4,15H,5-6,14H2. The van der Waals surface area contributed by atoms with Crippen LogP contribution < -0.4 is 20.9 Å². The SMILES string of the molecule is NNOC(=O)CCOc1ccccc1OC(F)(F)F. The third-order valence-electron chi connectivity index (χ3n) is 1.81. The van der Waals surface area contributed by atoms with Crippen molar-refractivity contribution in [3.05, 3.63) is 24.3 Å². The van der Waals surface area contributed by atoms with E-state index in [0.717, 1.165) is 6.07 Å². The Kier molecular flexibility index (Phi) is 5.39. The number of hydrogen-bond acceptors (Lipinski definition) is 6. The quantitative estimate of drug-likeness (QED) is 0.603. The Labute approximate surface area is 106 Å². The van der Waals surface area contributed by atoms with Crippen LogP contribution in [-0.4, -0.2) is 18.9 Å². The molecule has 0 aromatic heterocycles. The van der Waals surface area contributed by atoms with Gasteiger partial charge in [0.05, 0.1) is 13.0 Å². The molecular formula is C10H11F3N2O4. The highest BCUT2D eigenvalue weighted by Crippen LogP contribution is 2.31. The molecule has 0 saturated heterocycles. The predicted octanol–water partition coefficient (Wildman–Crippen LogP) is 1.28. The molecule has 1 rings (SSSR count). The molecule has 106 valence electrons. The van der Waals surface area contributed by atoms with Crippen LogP contribution in [0.25, 0.3) is 0 Å². The largest absolute Gasteiger partial charge is 0.573 e. The maximum atomic E-state index is 12.1. The Morgan fingerprint density at radius 2 is 1.89 bits per heavy atom. The van der Waals surface area contributed by atoms with Crippen molar-refractivity contribution in [3.63, 3.8) is 0 Å². The fourth-order valence-corrected chi connectivity index (χ4v) is 1.14. The Hall–Kier alpha value is -2.00. The van der Waals surface area contributed by atoms with Crippen LogP contribution in [0, 0.1) is 0 Å². The lowest BCUT2D eigenvalue weighted by Gasteiger charge is -2.13. The van der Waals surface area contributed by atoms with E-state index in [0.29, 0.717) is 0 Å². The average Bonchev–Trinajstić information content (AvgIpc) is 2.30. The fourth-order valence-electron chi connectivity index (χ4n) is 1.14. The molecular weight excluding hydrogens is 269 g/mol. The first-order chi connectivity index (χ1) is 8.92. The molecule has 0 aliphatic rings. The molecule has 6 nitrogen and oxygen atoms in total. The molecule has 0 atom stereocenters. The second kappa shape index (κ2) is 6.81. The van der Waals surface area contributed by atoms with E-state index in [1.54, 1.807) is 5.59 Å². The number of ether oxygens (including phenoxy) is 2. The van der Waals surface area contributed by atoms with Crippen molar-refractivity contribution in [2.45, 2.75) is 12.8 Å². The van der Waals surface area contributed by atoms with Crippen molar-refractivity contribution in [2.75, 3.05) is 6.61 Å². The lowest BCUT2D eigenvalue weighted by molar-refractivity contribution is -0.275. The second-order valence-electron chi connectivity index (χ2n) is 3.18. The van der Waals surface area contributed by atoms with Crippen LogP contribution in [0.4, 0.5) is 13.2 Å². The molecule has 0 spiro atoms. The summed E-state index contributed by atoms with van der Waals surface area (Å²) in [4.78, 5) is 15.1. The van der Waals surface area contributed by atoms with E-state index in [9.17, 15) is 18.0 Å². The van der Waals surface area contributed by atoms with E-state index < -0.39 is 18.1 Å². The number of hydrazine groups is 1. The Bertz CT molecular complexity index is 425. The topological polar surface area (TPSA) is 82.8 Å². The van der Waals surface area contributed by atoms with Crippen LogP contribution in [0.1, 0.15) is 6.42 Å². The summed E-state index contributed by atoms with van der Waals surface area (Å²) in [6, 6.07) is 5.22. The highest BCUT2D eigenvalue weighted by Gasteiger charge is 2.32. The first-order valence-electron chi connectivity index (χ1n) is 5.05. The van der Waals surface area contributed by atoms with Crippen molar-refractivity contribution in [1.29, 1.82) is 0 Å². The molecule has 3 N–H and O–H groups in total. The van der Waals surface area contributed by atoms with Gasteiger partial charge in [-0.25, -0.2) is 5.84 Å². The van der Waals surface area contributed by atoms with E-state index in [-0.39, 0.29) is 18.8 Å². The molecule has 0 radical (unpaired) electrons. The van der Waals surface area contributed by atoms with Gasteiger partial charge in [0.25, 0.3) is 0 Å². The summed E-state index contributed by atoms with van der Waals surface area (Å²) in [5, 5.41) is 0. The molecule has 1 aromatic carbocycles. The molecule has 0 aliphatic heterocycles. The highest BCUT2D eigenvalue weighted by atomic mass is 19.4. The van der Waals surface area contributed by atoms with Crippen molar-refractivity contribution in [3.8, 4) is 11.5 Å². The normalized spacial score (nSPS) is 10.9. The summed E-state index contributed by atoms with van der Waals surface area (Å²) < 4.78 is 45.1. The number of alkyl halides is 3. The van der Waals surface area contributed by atoms with Crippen LogP contribution in [-0.2, 0) is 9.63 Å². The maximum Gasteiger partial charge on any atom is 0.573 e. The zero-order valence-electron chi connectivity index (χ0n) is 9.57. The summed E-state index contributed by atoms with van der Waals surface area (Å²) in [6.45, 7) is -0.182. The smallest absolute Gasteiger partial charge is 0.489 e. The number of benzene rings is 1. The Morgan fingerprint density at radius 3 is 2.47 bits per heavy atom. The summed E-state index contributed by atoms with van der Waals surface area (Å²) in [7, 11) is 0. The monoisotopic (exact) mass is 280 g/mol. The van der Waals surface area contributed by atoms with Crippen LogP contribution in [0.2, 0.25) is 0 Å². The molecule has 0 unspecified atom stereocenters. The molecule has 0 heterocycles. The van der Waals surface area contributed by atoms with Crippen LogP contribution in [0.5, 0.6) is 11.5 Å².